The van der Waals surface area contributed by atoms with E-state index >= 15 is 0 Å². The largest absolute Gasteiger partial charge is 1.00 e. The molecule has 5 heteroatoms. The van der Waals surface area contributed by atoms with Crippen LogP contribution in [0.5, 0.6) is 5.75 Å². The summed E-state index contributed by atoms with van der Waals surface area (Å²) in [6.07, 6.45) is 5.41. The van der Waals surface area contributed by atoms with E-state index in [4.69, 9.17) is 0 Å². The number of methoxy groups -OCH3 is 1. The molecular weight excluding hydrogens is 387 g/mol. The summed E-state index contributed by atoms with van der Waals surface area (Å²) in [6.45, 7) is 1.99. The van der Waals surface area contributed by atoms with E-state index in [2.05, 4.69) is 4.74 Å². The molecule has 0 unspecified atom stereocenters. The normalized spacial score (nSPS) is 10.5. The van der Waals surface area contributed by atoms with Crippen LogP contribution < -0.4 is 33.3 Å². The molecule has 0 fully saturated rings. The highest BCUT2D eigenvalue weighted by molar-refractivity contribution is 5.67. The van der Waals surface area contributed by atoms with Crippen LogP contribution in [0.1, 0.15) is 16.8 Å². The van der Waals surface area contributed by atoms with Crippen molar-refractivity contribution in [1.29, 1.82) is 0 Å². The fourth-order valence-corrected chi connectivity index (χ4v) is 1.92. The summed E-state index contributed by atoms with van der Waals surface area (Å²) in [5.41, 5.74) is 2.51. The van der Waals surface area contributed by atoms with E-state index in [0.29, 0.717) is 5.56 Å². The minimum Gasteiger partial charge on any atom is -1.00 e. The molecule has 2 rings (SSSR count). The fraction of sp³-hybridized carbons (Fsp3) is 0.188. The number of halogens is 3. The van der Waals surface area contributed by atoms with Gasteiger partial charge in [0.15, 0.2) is 23.6 Å². The van der Waals surface area contributed by atoms with Crippen molar-refractivity contribution in [2.75, 3.05) is 7.11 Å². The van der Waals surface area contributed by atoms with Crippen molar-refractivity contribution >= 4 is 12.2 Å². The number of hydrogen-bond donors (Lipinski definition) is 0. The molecule has 0 saturated heterocycles. The maximum Gasteiger partial charge on any atom is 0.205 e. The second-order valence-electron chi connectivity index (χ2n) is 4.59. The van der Waals surface area contributed by atoms with Crippen LogP contribution in [0, 0.1) is 18.6 Å². The van der Waals surface area contributed by atoms with Crippen molar-refractivity contribution < 1.29 is 42.1 Å². The maximum atomic E-state index is 13.6. The highest BCUT2D eigenvalue weighted by Crippen LogP contribution is 2.23. The van der Waals surface area contributed by atoms with Gasteiger partial charge in [-0.25, -0.2) is 13.3 Å². The first-order chi connectivity index (χ1) is 9.51. The third-order valence-corrected chi connectivity index (χ3v) is 3.02. The molecule has 21 heavy (non-hydrogen) atoms. The van der Waals surface area contributed by atoms with Gasteiger partial charge in [0.05, 0.1) is 7.11 Å². The Labute approximate surface area is 140 Å². The number of benzene rings is 1. The Hall–Kier alpha value is -1.50. The molecule has 1 aromatic carbocycles. The molecule has 0 N–H and O–H groups in total. The highest BCUT2D eigenvalue weighted by atomic mass is 127. The van der Waals surface area contributed by atoms with E-state index in [-0.39, 0.29) is 29.7 Å². The Morgan fingerprint density at radius 2 is 1.71 bits per heavy atom. The SMILES string of the molecule is COc1c(F)cc(/C=C/c2cc(C)cc[n+]2C)cc1F.[I-]. The lowest BCUT2D eigenvalue weighted by molar-refractivity contribution is -0.673. The smallest absolute Gasteiger partial charge is 0.205 e. The Balaban J connectivity index is 0.00000220. The van der Waals surface area contributed by atoms with E-state index in [1.54, 1.807) is 6.08 Å². The molecule has 112 valence electrons. The molecule has 0 aliphatic heterocycles. The van der Waals surface area contributed by atoms with Crippen molar-refractivity contribution in [1.82, 2.24) is 0 Å². The predicted octanol–water partition coefficient (Wildman–Crippen LogP) is 0.281. The first-order valence-corrected chi connectivity index (χ1v) is 6.18. The molecule has 0 spiro atoms. The molecule has 0 aliphatic carbocycles. The van der Waals surface area contributed by atoms with Gasteiger partial charge in [0.25, 0.3) is 0 Å². The van der Waals surface area contributed by atoms with Gasteiger partial charge in [0.1, 0.15) is 7.05 Å². The summed E-state index contributed by atoms with van der Waals surface area (Å²) < 4.78 is 33.7. The molecule has 0 aliphatic rings. The summed E-state index contributed by atoms with van der Waals surface area (Å²) in [5, 5.41) is 0. The van der Waals surface area contributed by atoms with Crippen molar-refractivity contribution in [3.8, 4) is 5.75 Å². The third kappa shape index (κ3) is 4.23. The van der Waals surface area contributed by atoms with E-state index in [9.17, 15) is 8.78 Å². The quantitative estimate of drug-likeness (QED) is 0.531. The number of ether oxygens (including phenoxy) is 1. The van der Waals surface area contributed by atoms with Crippen LogP contribution in [0.2, 0.25) is 0 Å². The predicted molar refractivity (Wildman–Crippen MR) is 74.2 cm³/mol. The second-order valence-corrected chi connectivity index (χ2v) is 4.59. The molecule has 2 nitrogen and oxygen atoms in total. The van der Waals surface area contributed by atoms with Crippen LogP contribution in [0.25, 0.3) is 12.2 Å². The highest BCUT2D eigenvalue weighted by Gasteiger charge is 2.10. The lowest BCUT2D eigenvalue weighted by Crippen LogP contribution is -3.00. The van der Waals surface area contributed by atoms with Crippen LogP contribution in [0.3, 0.4) is 0 Å². The first kappa shape index (κ1) is 17.6. The van der Waals surface area contributed by atoms with Gasteiger partial charge in [-0.15, -0.1) is 0 Å². The van der Waals surface area contributed by atoms with Crippen LogP contribution >= 0.6 is 0 Å². The average molecular weight is 403 g/mol. The summed E-state index contributed by atoms with van der Waals surface area (Å²) >= 11 is 0. The summed E-state index contributed by atoms with van der Waals surface area (Å²) in [5.74, 6) is -1.77. The lowest BCUT2D eigenvalue weighted by Gasteiger charge is -2.04. The zero-order chi connectivity index (χ0) is 14.7. The van der Waals surface area contributed by atoms with E-state index in [1.165, 1.54) is 19.2 Å². The van der Waals surface area contributed by atoms with E-state index in [1.807, 2.05) is 42.9 Å². The van der Waals surface area contributed by atoms with Gasteiger partial charge in [-0.1, -0.05) is 0 Å². The molecule has 1 aromatic heterocycles. The van der Waals surface area contributed by atoms with Gasteiger partial charge < -0.3 is 28.7 Å². The molecule has 1 heterocycles. The van der Waals surface area contributed by atoms with Crippen LogP contribution in [-0.4, -0.2) is 7.11 Å². The average Bonchev–Trinajstić information content (AvgIpc) is 2.39. The number of aryl methyl sites for hydroxylation is 2. The summed E-state index contributed by atoms with van der Waals surface area (Å²) in [4.78, 5) is 0. The lowest BCUT2D eigenvalue weighted by atomic mass is 10.1. The van der Waals surface area contributed by atoms with Crippen LogP contribution in [0.4, 0.5) is 8.78 Å². The summed E-state index contributed by atoms with van der Waals surface area (Å²) in [6, 6.07) is 6.47. The number of hydrogen-bond acceptors (Lipinski definition) is 1. The first-order valence-electron chi connectivity index (χ1n) is 6.18. The van der Waals surface area contributed by atoms with Crippen molar-refractivity contribution in [3.05, 3.63) is 58.9 Å². The van der Waals surface area contributed by atoms with Gasteiger partial charge >= 0.3 is 0 Å². The van der Waals surface area contributed by atoms with Gasteiger partial charge in [0, 0.05) is 18.2 Å². The number of pyridine rings is 1. The van der Waals surface area contributed by atoms with Gasteiger partial charge in [-0.05, 0) is 36.3 Å². The monoisotopic (exact) mass is 403 g/mol. The Kier molecular flexibility index (Phi) is 6.26. The van der Waals surface area contributed by atoms with Crippen LogP contribution in [0.15, 0.2) is 30.5 Å². The maximum absolute atomic E-state index is 13.6. The molecule has 0 radical (unpaired) electrons. The standard InChI is InChI=1S/C16H16F2NO.HI/c1-11-6-7-19(2)13(8-11)5-4-12-9-14(17)16(20-3)15(18)10-12;/h4-10H,1-3H3;1H/q+1;/p-1/b5-4+;. The van der Waals surface area contributed by atoms with Crippen molar-refractivity contribution in [2.24, 2.45) is 7.05 Å². The van der Waals surface area contributed by atoms with Crippen molar-refractivity contribution in [2.45, 2.75) is 6.92 Å². The zero-order valence-corrected chi connectivity index (χ0v) is 14.2. The fourth-order valence-electron chi connectivity index (χ4n) is 1.92. The number of nitrogens with zero attached hydrogens (tertiary/aromatic N) is 1. The second kappa shape index (κ2) is 7.49. The number of aromatic nitrogens is 1. The molecule has 2 aromatic rings. The van der Waals surface area contributed by atoms with E-state index in [0.717, 1.165) is 11.3 Å². The molecule has 0 amide bonds. The van der Waals surface area contributed by atoms with Gasteiger partial charge in [-0.3, -0.25) is 0 Å². The van der Waals surface area contributed by atoms with Crippen molar-refractivity contribution in [3.63, 3.8) is 0 Å². The summed E-state index contributed by atoms with van der Waals surface area (Å²) in [7, 11) is 3.15. The van der Waals surface area contributed by atoms with Gasteiger partial charge in [0.2, 0.25) is 5.69 Å². The zero-order valence-electron chi connectivity index (χ0n) is 12.0. The van der Waals surface area contributed by atoms with Crippen LogP contribution in [-0.2, 0) is 7.05 Å². The Morgan fingerprint density at radius 1 is 1.10 bits per heavy atom. The molecule has 0 atom stereocenters. The topological polar surface area (TPSA) is 13.1 Å². The van der Waals surface area contributed by atoms with E-state index < -0.39 is 11.6 Å². The molecule has 0 bridgehead atoms. The number of rotatable bonds is 3. The van der Waals surface area contributed by atoms with Gasteiger partial charge in [-0.2, -0.15) is 0 Å². The Morgan fingerprint density at radius 3 is 2.29 bits per heavy atom. The Bertz CT molecular complexity index is 648. The molecule has 0 saturated carbocycles. The minimum absolute atomic E-state index is 0. The minimum atomic E-state index is -0.708. The third-order valence-electron chi connectivity index (χ3n) is 3.02. The molecular formula is C16H16F2INO.